The minimum atomic E-state index is -2.89. The molecule has 13 atom stereocenters. The number of Topliss-reactive ketones (excluding diaryl/α,β-unsaturated/α-hetero) is 1. The number of hydrogen-bond donors (Lipinski definition) is 6. The zero-order valence-electron chi connectivity index (χ0n) is 26.2. The van der Waals surface area contributed by atoms with Crippen LogP contribution in [0.5, 0.6) is 0 Å². The van der Waals surface area contributed by atoms with Crippen LogP contribution in [0.15, 0.2) is 0 Å². The molecule has 0 aromatic heterocycles. The van der Waals surface area contributed by atoms with Crippen molar-refractivity contribution in [1.82, 2.24) is 0 Å². The van der Waals surface area contributed by atoms with Crippen LogP contribution < -0.4 is 0 Å². The Balaban J connectivity index is 1.34. The Hall–Kier alpha value is -1.14. The first-order chi connectivity index (χ1) is 19.2. The summed E-state index contributed by atoms with van der Waals surface area (Å²) in [6.07, 6.45) is -15.0. The van der Waals surface area contributed by atoms with E-state index in [2.05, 4.69) is 0 Å². The number of ether oxygens (including phenoxy) is 2. The summed E-state index contributed by atoms with van der Waals surface area (Å²) in [5.41, 5.74) is -3.58. The molecular weight excluding hydrogens is 484 g/mol. The van der Waals surface area contributed by atoms with Crippen molar-refractivity contribution in [3.05, 3.63) is 0 Å². The van der Waals surface area contributed by atoms with Crippen LogP contribution in [-0.2, 0) is 19.1 Å². The standard InChI is InChI=1S/C27H42O10/c1-25-8-5-14(28)11-13(25)3-4-15-16(25)6-9-26(2)17(15)7-10-27(26,35)18(29)12-36-24-21(32)19(30)20(31)22(37-24)23(33)34/h13-17,19-22,24,28,30-32,35H,3-12H2,1-2H3,(H,33,34)/t13-,14-,15-,16+,17+,19-,20-,21+,22-,24+,25+,26+,27+/m1/s1/i5D2,11D2,14D. The van der Waals surface area contributed by atoms with Crippen LogP contribution in [-0.4, -0.2) is 91.4 Å². The summed E-state index contributed by atoms with van der Waals surface area (Å²) < 4.78 is 52.9. The van der Waals surface area contributed by atoms with Crippen molar-refractivity contribution in [3.63, 3.8) is 0 Å². The molecule has 5 aliphatic rings. The molecule has 1 saturated heterocycles. The largest absolute Gasteiger partial charge is 0.479 e. The van der Waals surface area contributed by atoms with E-state index in [9.17, 15) is 40.2 Å². The van der Waals surface area contributed by atoms with Crippen molar-refractivity contribution in [2.45, 2.75) is 114 Å². The zero-order valence-corrected chi connectivity index (χ0v) is 21.2. The van der Waals surface area contributed by atoms with Crippen LogP contribution in [0.1, 0.15) is 78.4 Å². The molecular formula is C27H42O10. The van der Waals surface area contributed by atoms with Crippen LogP contribution in [0.25, 0.3) is 0 Å². The number of fused-ring (bicyclic) bond motifs is 5. The number of ketones is 1. The molecule has 0 bridgehead atoms. The SMILES string of the molecule is [2H]C1([2H])C[C@@]2(C)[C@H](CC[C@@H]3[C@@H]2CC[C@@]2(C)[C@H]3CC[C@]2(O)C(=O)CO[C@H]2O[C@@H](C(=O)O)[C@H](O)[C@@H](O)[C@@H]2O)C([2H])([2H])[C@]1([2H])O. The molecule has 0 spiro atoms. The fourth-order valence-electron chi connectivity index (χ4n) is 8.38. The van der Waals surface area contributed by atoms with Gasteiger partial charge in [-0.05, 0) is 86.8 Å². The number of rotatable bonds is 5. The molecule has 0 amide bonds. The fraction of sp³-hybridized carbons (Fsp3) is 0.926. The Kier molecular flexibility index (Phi) is 5.56. The van der Waals surface area contributed by atoms with E-state index in [0.29, 0.717) is 32.1 Å². The first kappa shape index (κ1) is 21.7. The third-order valence-corrected chi connectivity index (χ3v) is 10.6. The summed E-state index contributed by atoms with van der Waals surface area (Å²) in [6.45, 7) is 2.95. The number of carbonyl (C=O) groups is 2. The van der Waals surface area contributed by atoms with E-state index in [1.165, 1.54) is 0 Å². The second-order valence-electron chi connectivity index (χ2n) is 12.2. The summed E-state index contributed by atoms with van der Waals surface area (Å²) in [5, 5.41) is 62.0. The monoisotopic (exact) mass is 531 g/mol. The number of aliphatic carboxylic acids is 1. The van der Waals surface area contributed by atoms with Crippen LogP contribution in [0.2, 0.25) is 0 Å². The van der Waals surface area contributed by atoms with Crippen molar-refractivity contribution in [3.8, 4) is 0 Å². The zero-order chi connectivity index (χ0) is 31.4. The van der Waals surface area contributed by atoms with E-state index >= 15 is 0 Å². The summed E-state index contributed by atoms with van der Waals surface area (Å²) in [4.78, 5) is 24.9. The minimum absolute atomic E-state index is 0.0484. The van der Waals surface area contributed by atoms with E-state index in [0.717, 1.165) is 0 Å². The lowest BCUT2D eigenvalue weighted by atomic mass is 9.44. The van der Waals surface area contributed by atoms with Crippen LogP contribution in [0.3, 0.4) is 0 Å². The molecule has 0 aromatic rings. The topological polar surface area (TPSA) is 174 Å². The predicted molar refractivity (Wildman–Crippen MR) is 128 cm³/mol. The van der Waals surface area contributed by atoms with Crippen molar-refractivity contribution < 1.29 is 56.6 Å². The highest BCUT2D eigenvalue weighted by molar-refractivity contribution is 5.89. The number of carboxylic acid groups (broad SMARTS) is 1. The van der Waals surface area contributed by atoms with Crippen molar-refractivity contribution in [2.75, 3.05) is 6.61 Å². The summed E-state index contributed by atoms with van der Waals surface area (Å²) >= 11 is 0. The summed E-state index contributed by atoms with van der Waals surface area (Å²) in [6, 6.07) is 0. The maximum atomic E-state index is 13.5. The van der Waals surface area contributed by atoms with Gasteiger partial charge >= 0.3 is 5.97 Å². The Labute approximate surface area is 224 Å². The summed E-state index contributed by atoms with van der Waals surface area (Å²) in [7, 11) is 0. The molecule has 210 valence electrons. The molecule has 1 heterocycles. The van der Waals surface area contributed by atoms with E-state index in [1.54, 1.807) is 0 Å². The van der Waals surface area contributed by atoms with Gasteiger partial charge in [-0.15, -0.1) is 0 Å². The number of aliphatic hydroxyl groups is 5. The highest BCUT2D eigenvalue weighted by atomic mass is 16.7. The number of carbonyl (C=O) groups excluding carboxylic acids is 1. The van der Waals surface area contributed by atoms with E-state index in [-0.39, 0.29) is 30.6 Å². The van der Waals surface area contributed by atoms with Gasteiger partial charge in [-0.3, -0.25) is 4.79 Å². The lowest BCUT2D eigenvalue weighted by molar-refractivity contribution is -0.293. The second-order valence-corrected chi connectivity index (χ2v) is 12.2. The smallest absolute Gasteiger partial charge is 0.335 e. The number of carboxylic acids is 1. The Bertz CT molecular complexity index is 1120. The predicted octanol–water partition coefficient (Wildman–Crippen LogP) is 0.599. The van der Waals surface area contributed by atoms with E-state index in [1.807, 2.05) is 13.8 Å². The molecule has 10 nitrogen and oxygen atoms in total. The molecule has 5 rings (SSSR count). The second kappa shape index (κ2) is 9.50. The van der Waals surface area contributed by atoms with Crippen molar-refractivity contribution in [1.29, 1.82) is 0 Å². The van der Waals surface area contributed by atoms with Crippen LogP contribution >= 0.6 is 0 Å². The van der Waals surface area contributed by atoms with Gasteiger partial charge in [0.05, 0.1) is 7.45 Å². The highest BCUT2D eigenvalue weighted by Crippen LogP contribution is 2.68. The maximum Gasteiger partial charge on any atom is 0.335 e. The molecule has 0 aromatic carbocycles. The third kappa shape index (κ3) is 4.10. The highest BCUT2D eigenvalue weighted by Gasteiger charge is 2.66. The molecule has 10 heteroatoms. The van der Waals surface area contributed by atoms with Gasteiger partial charge in [-0.25, -0.2) is 4.79 Å². The molecule has 6 N–H and O–H groups in total. The number of aliphatic hydroxyl groups excluding tert-OH is 3. The molecule has 0 unspecified atom stereocenters. The normalized spacial score (nSPS) is 60.3. The summed E-state index contributed by atoms with van der Waals surface area (Å²) in [5.74, 6) is -3.36. The molecule has 4 saturated carbocycles. The van der Waals surface area contributed by atoms with Gasteiger partial charge in [0.15, 0.2) is 18.2 Å². The maximum absolute atomic E-state index is 13.5. The third-order valence-electron chi connectivity index (χ3n) is 10.6. The van der Waals surface area contributed by atoms with Crippen LogP contribution in [0.4, 0.5) is 0 Å². The molecule has 5 fully saturated rings. The Morgan fingerprint density at radius 1 is 1.00 bits per heavy atom. The van der Waals surface area contributed by atoms with Gasteiger partial charge < -0.3 is 40.1 Å². The van der Waals surface area contributed by atoms with Gasteiger partial charge in [0, 0.05) is 10.9 Å². The van der Waals surface area contributed by atoms with Gasteiger partial charge in [0.1, 0.15) is 30.5 Å². The van der Waals surface area contributed by atoms with Crippen molar-refractivity contribution >= 4 is 11.8 Å². The average molecular weight is 532 g/mol. The average Bonchev–Trinajstić information content (AvgIpc) is 3.17. The van der Waals surface area contributed by atoms with Gasteiger partial charge in [0.25, 0.3) is 0 Å². The first-order valence-corrected chi connectivity index (χ1v) is 13.2. The number of hydrogen-bond acceptors (Lipinski definition) is 9. The fourth-order valence-corrected chi connectivity index (χ4v) is 8.38. The van der Waals surface area contributed by atoms with E-state index in [4.69, 9.17) is 16.3 Å². The molecule has 37 heavy (non-hydrogen) atoms. The van der Waals surface area contributed by atoms with Gasteiger partial charge in [0.2, 0.25) is 0 Å². The molecule has 1 aliphatic heterocycles. The van der Waals surface area contributed by atoms with Gasteiger partial charge in [-0.2, -0.15) is 0 Å². The molecule has 0 radical (unpaired) electrons. The van der Waals surface area contributed by atoms with Crippen molar-refractivity contribution in [2.24, 2.45) is 34.5 Å². The quantitative estimate of drug-likeness (QED) is 0.295. The van der Waals surface area contributed by atoms with Crippen LogP contribution in [0, 0.1) is 34.5 Å². The lowest BCUT2D eigenvalue weighted by Crippen LogP contribution is -2.61. The minimum Gasteiger partial charge on any atom is -0.479 e. The first-order valence-electron chi connectivity index (χ1n) is 15.7. The lowest BCUT2D eigenvalue weighted by Gasteiger charge is -2.61. The van der Waals surface area contributed by atoms with Gasteiger partial charge in [-0.1, -0.05) is 13.8 Å². The van der Waals surface area contributed by atoms with E-state index < -0.39 is 90.2 Å². The Morgan fingerprint density at radius 2 is 1.70 bits per heavy atom. The molecule has 4 aliphatic carbocycles. The Morgan fingerprint density at radius 3 is 2.41 bits per heavy atom.